The molecule has 7 atom stereocenters. The average molecular weight is 397 g/mol. The monoisotopic (exact) mass is 396 g/mol. The third-order valence-electron chi connectivity index (χ3n) is 9.17. The van der Waals surface area contributed by atoms with E-state index in [2.05, 4.69) is 26.0 Å². The van der Waals surface area contributed by atoms with Crippen LogP contribution in [-0.4, -0.2) is 22.4 Å². The van der Waals surface area contributed by atoms with Gasteiger partial charge in [-0.05, 0) is 91.4 Å². The number of aliphatic hydroxyl groups excluding tert-OH is 2. The fourth-order valence-corrected chi connectivity index (χ4v) is 7.41. The third kappa shape index (κ3) is 2.96. The van der Waals surface area contributed by atoms with Crippen molar-refractivity contribution in [3.63, 3.8) is 0 Å². The molecule has 4 aliphatic rings. The lowest BCUT2D eigenvalue weighted by Crippen LogP contribution is -2.51. The molecule has 1 aromatic rings. The van der Waals surface area contributed by atoms with Crippen molar-refractivity contribution in [2.75, 3.05) is 0 Å². The molecule has 0 amide bonds. The van der Waals surface area contributed by atoms with Gasteiger partial charge >= 0.3 is 0 Å². The summed E-state index contributed by atoms with van der Waals surface area (Å²) in [5.41, 5.74) is 3.73. The van der Waals surface area contributed by atoms with Crippen molar-refractivity contribution in [2.45, 2.75) is 71.0 Å². The predicted octanol–water partition coefficient (Wildman–Crippen LogP) is 5.50. The molecule has 0 heterocycles. The highest BCUT2D eigenvalue weighted by atomic mass is 19.1. The smallest absolute Gasteiger partial charge is 0.123 e. The van der Waals surface area contributed by atoms with Gasteiger partial charge in [0.15, 0.2) is 0 Å². The molecule has 3 saturated carbocycles. The number of aliphatic hydroxyl groups is 2. The van der Waals surface area contributed by atoms with Gasteiger partial charge in [0.05, 0.1) is 12.2 Å². The lowest BCUT2D eigenvalue weighted by Gasteiger charge is -2.57. The van der Waals surface area contributed by atoms with Gasteiger partial charge in [-0.25, -0.2) is 4.39 Å². The maximum atomic E-state index is 13.3. The zero-order valence-electron chi connectivity index (χ0n) is 17.6. The molecule has 0 radical (unpaired) electrons. The Kier molecular flexibility index (Phi) is 4.56. The van der Waals surface area contributed by atoms with Gasteiger partial charge in [0.25, 0.3) is 0 Å². The van der Waals surface area contributed by atoms with Crippen molar-refractivity contribution in [3.8, 4) is 0 Å². The van der Waals surface area contributed by atoms with Crippen molar-refractivity contribution in [1.82, 2.24) is 0 Å². The van der Waals surface area contributed by atoms with Crippen molar-refractivity contribution in [2.24, 2.45) is 28.6 Å². The number of halogens is 1. The predicted molar refractivity (Wildman–Crippen MR) is 113 cm³/mol. The van der Waals surface area contributed by atoms with Crippen molar-refractivity contribution in [3.05, 3.63) is 52.9 Å². The molecule has 4 aliphatic carbocycles. The summed E-state index contributed by atoms with van der Waals surface area (Å²) < 4.78 is 13.3. The fraction of sp³-hybridized carbons (Fsp3) is 0.615. The van der Waals surface area contributed by atoms with Crippen LogP contribution in [0.15, 0.2) is 41.5 Å². The van der Waals surface area contributed by atoms with Crippen LogP contribution in [0.5, 0.6) is 0 Å². The first-order valence-corrected chi connectivity index (χ1v) is 11.3. The third-order valence-corrected chi connectivity index (χ3v) is 9.17. The van der Waals surface area contributed by atoms with Crippen LogP contribution in [0.4, 0.5) is 4.39 Å². The molecule has 0 saturated heterocycles. The molecule has 0 aliphatic heterocycles. The lowest BCUT2D eigenvalue weighted by atomic mass is 9.48. The zero-order valence-corrected chi connectivity index (χ0v) is 17.6. The lowest BCUT2D eigenvalue weighted by molar-refractivity contribution is -0.0685. The summed E-state index contributed by atoms with van der Waals surface area (Å²) in [5.74, 6) is 1.53. The molecule has 0 bridgehead atoms. The van der Waals surface area contributed by atoms with E-state index in [1.54, 1.807) is 12.1 Å². The molecule has 156 valence electrons. The van der Waals surface area contributed by atoms with Crippen LogP contribution in [0.2, 0.25) is 0 Å². The Morgan fingerprint density at radius 3 is 2.52 bits per heavy atom. The maximum absolute atomic E-state index is 13.3. The SMILES string of the molecule is C[C@]12CC[C@@H]3[C@H](CC=C4C[C@H](O)CC[C@@]43C)[C@H]1C/C(=C\c1ccc(F)cc1)[C@H]2O. The minimum Gasteiger partial charge on any atom is -0.393 e. The summed E-state index contributed by atoms with van der Waals surface area (Å²) in [6.45, 7) is 4.72. The van der Waals surface area contributed by atoms with Gasteiger partial charge in [-0.3, -0.25) is 0 Å². The number of fused-ring (bicyclic) bond motifs is 5. The number of hydrogen-bond donors (Lipinski definition) is 2. The summed E-state index contributed by atoms with van der Waals surface area (Å²) in [7, 11) is 0. The molecule has 0 spiro atoms. The van der Waals surface area contributed by atoms with E-state index in [4.69, 9.17) is 0 Å². The quantitative estimate of drug-likeness (QED) is 0.615. The Balaban J connectivity index is 1.46. The minimum atomic E-state index is -0.412. The molecule has 5 rings (SSSR count). The Labute approximate surface area is 173 Å². The molecule has 0 aromatic heterocycles. The number of rotatable bonds is 1. The van der Waals surface area contributed by atoms with E-state index in [1.165, 1.54) is 24.1 Å². The Morgan fingerprint density at radius 2 is 1.76 bits per heavy atom. The minimum absolute atomic E-state index is 0.0666. The second-order valence-corrected chi connectivity index (χ2v) is 10.6. The Hall–Kier alpha value is -1.45. The summed E-state index contributed by atoms with van der Waals surface area (Å²) >= 11 is 0. The van der Waals surface area contributed by atoms with Crippen LogP contribution in [0, 0.1) is 34.4 Å². The second-order valence-electron chi connectivity index (χ2n) is 10.6. The highest BCUT2D eigenvalue weighted by Gasteiger charge is 2.59. The summed E-state index contributed by atoms with van der Waals surface area (Å²) in [6.07, 6.45) is 11.0. The average Bonchev–Trinajstić information content (AvgIpc) is 2.95. The fourth-order valence-electron chi connectivity index (χ4n) is 7.41. The topological polar surface area (TPSA) is 40.5 Å². The van der Waals surface area contributed by atoms with Gasteiger partial charge in [-0.2, -0.15) is 0 Å². The normalized spacial score (nSPS) is 45.3. The molecule has 3 heteroatoms. The number of benzene rings is 1. The summed E-state index contributed by atoms with van der Waals surface area (Å²) in [6, 6.07) is 6.58. The van der Waals surface area contributed by atoms with Crippen LogP contribution in [0.3, 0.4) is 0 Å². The number of allylic oxidation sites excluding steroid dienone is 1. The highest BCUT2D eigenvalue weighted by Crippen LogP contribution is 2.65. The molecular formula is C26H33FO2. The maximum Gasteiger partial charge on any atom is 0.123 e. The summed E-state index contributed by atoms with van der Waals surface area (Å²) in [5, 5.41) is 21.5. The van der Waals surface area contributed by atoms with E-state index in [9.17, 15) is 14.6 Å². The molecule has 29 heavy (non-hydrogen) atoms. The van der Waals surface area contributed by atoms with Crippen LogP contribution < -0.4 is 0 Å². The second kappa shape index (κ2) is 6.78. The van der Waals surface area contributed by atoms with E-state index in [0.29, 0.717) is 17.8 Å². The Morgan fingerprint density at radius 1 is 1.00 bits per heavy atom. The molecular weight excluding hydrogens is 363 g/mol. The first-order chi connectivity index (χ1) is 13.8. The Bertz CT molecular complexity index is 856. The number of hydrogen-bond acceptors (Lipinski definition) is 2. The standard InChI is InChI=1S/C26H33FO2/c1-25-11-9-20(28)15-18(25)5-8-21-22(25)10-12-26(2)23(21)14-17(24(26)29)13-16-3-6-19(27)7-4-16/h3-7,13,20-24,28-29H,8-12,14-15H2,1-2H3/b17-13+/t20-,21+,22-,23-,24-,25+,26+/m1/s1. The zero-order chi connectivity index (χ0) is 20.4. The van der Waals surface area contributed by atoms with Crippen LogP contribution >= 0.6 is 0 Å². The van der Waals surface area contributed by atoms with E-state index in [0.717, 1.165) is 49.7 Å². The van der Waals surface area contributed by atoms with Crippen molar-refractivity contribution < 1.29 is 14.6 Å². The molecule has 2 N–H and O–H groups in total. The summed E-state index contributed by atoms with van der Waals surface area (Å²) in [4.78, 5) is 0. The van der Waals surface area contributed by atoms with E-state index >= 15 is 0 Å². The van der Waals surface area contributed by atoms with Crippen LogP contribution in [-0.2, 0) is 0 Å². The van der Waals surface area contributed by atoms with Gasteiger partial charge in [0.2, 0.25) is 0 Å². The first kappa shape index (κ1) is 19.5. The van der Waals surface area contributed by atoms with E-state index < -0.39 is 6.10 Å². The largest absolute Gasteiger partial charge is 0.393 e. The van der Waals surface area contributed by atoms with Gasteiger partial charge in [-0.1, -0.05) is 43.7 Å². The molecule has 2 nitrogen and oxygen atoms in total. The first-order valence-electron chi connectivity index (χ1n) is 11.3. The van der Waals surface area contributed by atoms with Crippen LogP contribution in [0.1, 0.15) is 64.4 Å². The van der Waals surface area contributed by atoms with E-state index in [-0.39, 0.29) is 22.8 Å². The van der Waals surface area contributed by atoms with Gasteiger partial charge in [0.1, 0.15) is 5.82 Å². The molecule has 1 aromatic carbocycles. The van der Waals surface area contributed by atoms with Gasteiger partial charge < -0.3 is 10.2 Å². The van der Waals surface area contributed by atoms with Crippen molar-refractivity contribution in [1.29, 1.82) is 0 Å². The molecule has 0 unspecified atom stereocenters. The van der Waals surface area contributed by atoms with Gasteiger partial charge in [-0.15, -0.1) is 0 Å². The van der Waals surface area contributed by atoms with Crippen molar-refractivity contribution >= 4 is 6.08 Å². The highest BCUT2D eigenvalue weighted by molar-refractivity contribution is 5.55. The van der Waals surface area contributed by atoms with Gasteiger partial charge in [0, 0.05) is 5.41 Å². The van der Waals surface area contributed by atoms with E-state index in [1.807, 2.05) is 0 Å². The molecule has 3 fully saturated rings. The van der Waals surface area contributed by atoms with Crippen LogP contribution in [0.25, 0.3) is 6.08 Å².